The summed E-state index contributed by atoms with van der Waals surface area (Å²) in [6.45, 7) is 4.45. The summed E-state index contributed by atoms with van der Waals surface area (Å²) in [4.78, 5) is 70.5. The average molecular weight is 446 g/mol. The van der Waals surface area contributed by atoms with Gasteiger partial charge < -0.3 is 43.4 Å². The van der Waals surface area contributed by atoms with Gasteiger partial charge in [0.15, 0.2) is 0 Å². The minimum atomic E-state index is -1.70. The maximum Gasteiger partial charge on any atom is 0.326 e. The van der Waals surface area contributed by atoms with Crippen molar-refractivity contribution in [3.8, 4) is 0 Å². The quantitative estimate of drug-likeness (QED) is 0.136. The number of primary amides is 2. The molecular formula is C17H30N6O8. The number of hydrogen-bond acceptors (Lipinski definition) is 8. The summed E-state index contributed by atoms with van der Waals surface area (Å²) in [7, 11) is 0. The van der Waals surface area contributed by atoms with Gasteiger partial charge in [0, 0.05) is 0 Å². The molecule has 5 unspecified atom stereocenters. The number of carboxylic acids is 1. The molecule has 11 N–H and O–H groups in total. The smallest absolute Gasteiger partial charge is 0.326 e. The van der Waals surface area contributed by atoms with E-state index in [-0.39, 0.29) is 5.92 Å². The highest BCUT2D eigenvalue weighted by Gasteiger charge is 2.33. The van der Waals surface area contributed by atoms with Gasteiger partial charge in [0.05, 0.1) is 25.0 Å². The largest absolute Gasteiger partial charge is 0.480 e. The normalized spacial score (nSPS) is 15.7. The Morgan fingerprint density at radius 2 is 1.23 bits per heavy atom. The summed E-state index contributed by atoms with van der Waals surface area (Å²) in [6, 6.07) is -5.89. The van der Waals surface area contributed by atoms with Gasteiger partial charge in [-0.25, -0.2) is 4.79 Å². The van der Waals surface area contributed by atoms with Gasteiger partial charge in [-0.3, -0.25) is 24.0 Å². The van der Waals surface area contributed by atoms with E-state index in [4.69, 9.17) is 22.3 Å². The molecule has 0 aliphatic heterocycles. The van der Waals surface area contributed by atoms with Crippen LogP contribution in [0.15, 0.2) is 0 Å². The molecule has 0 aliphatic carbocycles. The molecule has 14 heteroatoms. The van der Waals surface area contributed by atoms with Crippen molar-refractivity contribution in [3.63, 3.8) is 0 Å². The van der Waals surface area contributed by atoms with Crippen LogP contribution in [0.3, 0.4) is 0 Å². The van der Waals surface area contributed by atoms with Crippen molar-refractivity contribution in [1.82, 2.24) is 16.0 Å². The van der Waals surface area contributed by atoms with Crippen molar-refractivity contribution in [2.75, 3.05) is 0 Å². The lowest BCUT2D eigenvalue weighted by Crippen LogP contribution is -2.60. The number of aliphatic hydroxyl groups excluding tert-OH is 1. The Kier molecular flexibility index (Phi) is 11.1. The molecule has 0 radical (unpaired) electrons. The fourth-order valence-electron chi connectivity index (χ4n) is 2.30. The summed E-state index contributed by atoms with van der Waals surface area (Å²) < 4.78 is 0. The zero-order chi connectivity index (χ0) is 24.5. The summed E-state index contributed by atoms with van der Waals surface area (Å²) in [5.74, 6) is -6.73. The van der Waals surface area contributed by atoms with Crippen LogP contribution >= 0.6 is 0 Å². The minimum Gasteiger partial charge on any atom is -0.480 e. The van der Waals surface area contributed by atoms with Crippen molar-refractivity contribution in [3.05, 3.63) is 0 Å². The molecule has 0 bridgehead atoms. The fourth-order valence-corrected chi connectivity index (χ4v) is 2.30. The van der Waals surface area contributed by atoms with Gasteiger partial charge in [0.1, 0.15) is 18.1 Å². The Labute approximate surface area is 178 Å². The Bertz CT molecular complexity index is 711. The number of hydrogen-bond donors (Lipinski definition) is 8. The lowest BCUT2D eigenvalue weighted by atomic mass is 10.0. The first kappa shape index (κ1) is 27.7. The van der Waals surface area contributed by atoms with Crippen LogP contribution in [0.2, 0.25) is 0 Å². The van der Waals surface area contributed by atoms with Crippen LogP contribution in [0.5, 0.6) is 0 Å². The standard InChI is InChI=1S/C17H30N6O8/c1-6(2)12(20)15(28)21-8(4-10(18)25)14(27)23-13(7(3)24)16(29)22-9(17(30)31)5-11(19)26/h6-9,12-13,24H,4-5,20H2,1-3H3,(H2,18,25)(H2,19,26)(H,21,28)(H,22,29)(H,23,27)(H,30,31). The van der Waals surface area contributed by atoms with Crippen LogP contribution in [-0.2, 0) is 28.8 Å². The van der Waals surface area contributed by atoms with Gasteiger partial charge in [-0.05, 0) is 12.8 Å². The van der Waals surface area contributed by atoms with Crippen LogP contribution < -0.4 is 33.2 Å². The van der Waals surface area contributed by atoms with E-state index in [9.17, 15) is 33.9 Å². The third-order valence-corrected chi connectivity index (χ3v) is 4.14. The number of nitrogens with two attached hydrogens (primary N) is 3. The first-order chi connectivity index (χ1) is 14.2. The molecular weight excluding hydrogens is 416 g/mol. The zero-order valence-electron chi connectivity index (χ0n) is 17.5. The first-order valence-electron chi connectivity index (χ1n) is 9.31. The van der Waals surface area contributed by atoms with Crippen LogP contribution in [0.4, 0.5) is 0 Å². The van der Waals surface area contributed by atoms with Crippen molar-refractivity contribution in [1.29, 1.82) is 0 Å². The Morgan fingerprint density at radius 3 is 1.61 bits per heavy atom. The van der Waals surface area contributed by atoms with Gasteiger partial charge >= 0.3 is 5.97 Å². The third-order valence-electron chi connectivity index (χ3n) is 4.14. The van der Waals surface area contributed by atoms with E-state index < -0.39 is 78.6 Å². The number of carbonyl (C=O) groups excluding carboxylic acids is 5. The molecule has 0 aromatic rings. The average Bonchev–Trinajstić information content (AvgIpc) is 2.62. The van der Waals surface area contributed by atoms with E-state index >= 15 is 0 Å². The van der Waals surface area contributed by atoms with Crippen molar-refractivity contribution in [2.24, 2.45) is 23.1 Å². The summed E-state index contributed by atoms with van der Waals surface area (Å²) in [5.41, 5.74) is 15.7. The van der Waals surface area contributed by atoms with Crippen molar-refractivity contribution >= 4 is 35.5 Å². The molecule has 0 saturated carbocycles. The maximum absolute atomic E-state index is 12.6. The minimum absolute atomic E-state index is 0.286. The van der Waals surface area contributed by atoms with E-state index in [1.165, 1.54) is 0 Å². The van der Waals surface area contributed by atoms with Crippen molar-refractivity contribution < 1.29 is 39.0 Å². The van der Waals surface area contributed by atoms with E-state index in [0.717, 1.165) is 6.92 Å². The Balaban J connectivity index is 5.48. The molecule has 0 fully saturated rings. The molecule has 14 nitrogen and oxygen atoms in total. The number of amides is 5. The zero-order valence-corrected chi connectivity index (χ0v) is 17.5. The number of carbonyl (C=O) groups is 6. The highest BCUT2D eigenvalue weighted by Crippen LogP contribution is 2.03. The maximum atomic E-state index is 12.6. The molecule has 5 amide bonds. The summed E-state index contributed by atoms with van der Waals surface area (Å²) in [5, 5.41) is 25.3. The second-order valence-corrected chi connectivity index (χ2v) is 7.30. The lowest BCUT2D eigenvalue weighted by molar-refractivity contribution is -0.144. The van der Waals surface area contributed by atoms with E-state index in [1.54, 1.807) is 13.8 Å². The van der Waals surface area contributed by atoms with Crippen molar-refractivity contribution in [2.45, 2.75) is 63.9 Å². The van der Waals surface area contributed by atoms with Gasteiger partial charge in [0.2, 0.25) is 29.5 Å². The molecule has 0 heterocycles. The van der Waals surface area contributed by atoms with E-state index in [1.807, 2.05) is 5.32 Å². The second-order valence-electron chi connectivity index (χ2n) is 7.30. The number of carboxylic acid groups (broad SMARTS) is 1. The molecule has 0 aromatic carbocycles. The highest BCUT2D eigenvalue weighted by atomic mass is 16.4. The number of aliphatic carboxylic acids is 1. The predicted molar refractivity (Wildman–Crippen MR) is 106 cm³/mol. The number of rotatable bonds is 13. The second kappa shape index (κ2) is 12.4. The Hall–Kier alpha value is -3.26. The molecule has 0 aliphatic rings. The summed E-state index contributed by atoms with van der Waals surface area (Å²) in [6.07, 6.45) is -2.87. The predicted octanol–water partition coefficient (Wildman–Crippen LogP) is -4.36. The molecule has 0 spiro atoms. The molecule has 176 valence electrons. The summed E-state index contributed by atoms with van der Waals surface area (Å²) >= 11 is 0. The monoisotopic (exact) mass is 446 g/mol. The lowest BCUT2D eigenvalue weighted by Gasteiger charge is -2.26. The van der Waals surface area contributed by atoms with Gasteiger partial charge in [0.25, 0.3) is 0 Å². The van der Waals surface area contributed by atoms with E-state index in [2.05, 4.69) is 10.6 Å². The van der Waals surface area contributed by atoms with Crippen LogP contribution in [-0.4, -0.2) is 76.0 Å². The topological polar surface area (TPSA) is 257 Å². The van der Waals surface area contributed by atoms with Crippen LogP contribution in [0, 0.1) is 5.92 Å². The Morgan fingerprint density at radius 1 is 0.774 bits per heavy atom. The van der Waals surface area contributed by atoms with Gasteiger partial charge in [-0.2, -0.15) is 0 Å². The van der Waals surface area contributed by atoms with Gasteiger partial charge in [-0.1, -0.05) is 13.8 Å². The molecule has 0 aromatic heterocycles. The SMILES string of the molecule is CC(C)C(N)C(=O)NC(CC(N)=O)C(=O)NC(C(=O)NC(CC(N)=O)C(=O)O)C(C)O. The van der Waals surface area contributed by atoms with Gasteiger partial charge in [-0.15, -0.1) is 0 Å². The molecule has 0 rings (SSSR count). The molecule has 31 heavy (non-hydrogen) atoms. The van der Waals surface area contributed by atoms with Crippen LogP contribution in [0.25, 0.3) is 0 Å². The number of aliphatic hydroxyl groups is 1. The highest BCUT2D eigenvalue weighted by molar-refractivity contribution is 5.96. The molecule has 5 atom stereocenters. The first-order valence-corrected chi connectivity index (χ1v) is 9.31. The third kappa shape index (κ3) is 9.86. The number of nitrogens with one attached hydrogen (secondary N) is 3. The van der Waals surface area contributed by atoms with Crippen LogP contribution in [0.1, 0.15) is 33.6 Å². The van der Waals surface area contributed by atoms with E-state index in [0.29, 0.717) is 0 Å². The molecule has 0 saturated heterocycles. The fraction of sp³-hybridized carbons (Fsp3) is 0.647.